The summed E-state index contributed by atoms with van der Waals surface area (Å²) < 4.78 is 5.04. The number of fused-ring (bicyclic) bond motifs is 3. The molecule has 2 atom stereocenters. The average molecular weight is 355 g/mol. The first kappa shape index (κ1) is 16.6. The number of anilines is 1. The third kappa shape index (κ3) is 2.29. The van der Waals surface area contributed by atoms with Crippen molar-refractivity contribution in [3.8, 4) is 0 Å². The van der Waals surface area contributed by atoms with E-state index in [0.717, 1.165) is 11.4 Å². The Bertz CT molecular complexity index is 806. The van der Waals surface area contributed by atoms with Gasteiger partial charge in [-0.1, -0.05) is 18.2 Å². The molecule has 1 fully saturated rings. The highest BCUT2D eigenvalue weighted by molar-refractivity contribution is 6.09. The fraction of sp³-hybridized carbons (Fsp3) is 0.389. The maximum atomic E-state index is 13.0. The van der Waals surface area contributed by atoms with Crippen molar-refractivity contribution in [3.63, 3.8) is 0 Å². The van der Waals surface area contributed by atoms with Crippen molar-refractivity contribution in [3.05, 3.63) is 42.2 Å². The molecule has 0 aliphatic carbocycles. The smallest absolute Gasteiger partial charge is 0.328 e. The second kappa shape index (κ2) is 6.14. The predicted octanol–water partition coefficient (Wildman–Crippen LogP) is 1.27. The number of carbonyl (C=O) groups excluding carboxylic acids is 2. The number of nitrogens with zero attached hydrogens (tertiary/aromatic N) is 5. The van der Waals surface area contributed by atoms with Crippen LogP contribution in [-0.4, -0.2) is 72.1 Å². The van der Waals surface area contributed by atoms with Gasteiger partial charge >= 0.3 is 6.03 Å². The summed E-state index contributed by atoms with van der Waals surface area (Å²) in [6.07, 6.45) is 1.39. The van der Waals surface area contributed by atoms with Crippen molar-refractivity contribution < 1.29 is 14.3 Å². The highest BCUT2D eigenvalue weighted by atomic mass is 16.5. The van der Waals surface area contributed by atoms with Crippen LogP contribution in [-0.2, 0) is 9.53 Å². The number of benzene rings is 1. The van der Waals surface area contributed by atoms with E-state index in [1.165, 1.54) is 9.80 Å². The Hall–Kier alpha value is -2.87. The Morgan fingerprint density at radius 1 is 1.19 bits per heavy atom. The van der Waals surface area contributed by atoms with Crippen LogP contribution in [0, 0.1) is 0 Å². The van der Waals surface area contributed by atoms with E-state index in [4.69, 9.17) is 9.73 Å². The number of hydrogen-bond acceptors (Lipinski definition) is 6. The molecule has 3 amide bonds. The number of aliphatic imine (C=N–C) groups is 1. The van der Waals surface area contributed by atoms with E-state index in [9.17, 15) is 9.59 Å². The fourth-order valence-electron chi connectivity index (χ4n) is 3.64. The molecule has 1 saturated heterocycles. The van der Waals surface area contributed by atoms with Crippen LogP contribution in [0.4, 0.5) is 10.5 Å². The SMILES string of the molecule is COCCN1C(=O)C2C(N=C3N(c4ccccc4)C(C)=CN32)N(C)C1=O. The van der Waals surface area contributed by atoms with Gasteiger partial charge in [-0.05, 0) is 19.1 Å². The number of guanidine groups is 1. The van der Waals surface area contributed by atoms with Gasteiger partial charge in [0.2, 0.25) is 5.96 Å². The molecule has 1 aromatic carbocycles. The van der Waals surface area contributed by atoms with Crippen molar-refractivity contribution in [2.75, 3.05) is 32.2 Å². The summed E-state index contributed by atoms with van der Waals surface area (Å²) in [6, 6.07) is 8.97. The van der Waals surface area contributed by atoms with E-state index in [1.54, 1.807) is 14.2 Å². The lowest BCUT2D eigenvalue weighted by atomic mass is 10.1. The van der Waals surface area contributed by atoms with Gasteiger partial charge in [-0.3, -0.25) is 14.6 Å². The van der Waals surface area contributed by atoms with Gasteiger partial charge in [0.15, 0.2) is 12.2 Å². The number of ether oxygens (including phenoxy) is 1. The molecule has 0 radical (unpaired) electrons. The van der Waals surface area contributed by atoms with E-state index >= 15 is 0 Å². The number of methoxy groups -OCH3 is 1. The summed E-state index contributed by atoms with van der Waals surface area (Å²) in [5.41, 5.74) is 1.95. The maximum absolute atomic E-state index is 13.0. The summed E-state index contributed by atoms with van der Waals surface area (Å²) in [5, 5.41) is 0. The molecule has 3 heterocycles. The minimum Gasteiger partial charge on any atom is -0.383 e. The zero-order valence-corrected chi connectivity index (χ0v) is 15.0. The third-order valence-corrected chi connectivity index (χ3v) is 4.92. The number of urea groups is 1. The van der Waals surface area contributed by atoms with Crippen LogP contribution in [0.2, 0.25) is 0 Å². The first-order valence-electron chi connectivity index (χ1n) is 8.51. The Morgan fingerprint density at radius 3 is 2.62 bits per heavy atom. The first-order chi connectivity index (χ1) is 12.5. The zero-order valence-electron chi connectivity index (χ0n) is 15.0. The van der Waals surface area contributed by atoms with E-state index < -0.39 is 12.2 Å². The van der Waals surface area contributed by atoms with Crippen LogP contribution >= 0.6 is 0 Å². The van der Waals surface area contributed by atoms with Crippen LogP contribution in [0.5, 0.6) is 0 Å². The molecule has 4 rings (SSSR count). The van der Waals surface area contributed by atoms with Crippen LogP contribution in [0.15, 0.2) is 47.2 Å². The fourth-order valence-corrected chi connectivity index (χ4v) is 3.64. The zero-order chi connectivity index (χ0) is 18.4. The van der Waals surface area contributed by atoms with Gasteiger partial charge in [-0.25, -0.2) is 9.79 Å². The Balaban J connectivity index is 1.69. The van der Waals surface area contributed by atoms with Crippen LogP contribution in [0.25, 0.3) is 0 Å². The van der Waals surface area contributed by atoms with E-state index in [2.05, 4.69) is 0 Å². The van der Waals surface area contributed by atoms with Crippen LogP contribution in [0.1, 0.15) is 6.92 Å². The Morgan fingerprint density at radius 2 is 1.92 bits per heavy atom. The molecule has 136 valence electrons. The molecule has 3 aliphatic heterocycles. The lowest BCUT2D eigenvalue weighted by Gasteiger charge is -2.40. The molecule has 8 heteroatoms. The normalized spacial score (nSPS) is 24.7. The van der Waals surface area contributed by atoms with E-state index in [0.29, 0.717) is 12.6 Å². The second-order valence-corrected chi connectivity index (χ2v) is 6.51. The number of likely N-dealkylation sites (N-methyl/N-ethyl adjacent to an activating group) is 1. The van der Waals surface area contributed by atoms with Crippen molar-refractivity contribution in [1.29, 1.82) is 0 Å². The Labute approximate surface area is 151 Å². The van der Waals surface area contributed by atoms with Crippen LogP contribution in [0.3, 0.4) is 0 Å². The quantitative estimate of drug-likeness (QED) is 0.814. The third-order valence-electron chi connectivity index (χ3n) is 4.92. The summed E-state index contributed by atoms with van der Waals surface area (Å²) in [6.45, 7) is 2.52. The molecular formula is C18H21N5O3. The van der Waals surface area contributed by atoms with Crippen molar-refractivity contribution in [2.45, 2.75) is 19.1 Å². The maximum Gasteiger partial charge on any atom is 0.328 e. The molecular weight excluding hydrogens is 334 g/mol. The summed E-state index contributed by atoms with van der Waals surface area (Å²) in [5.74, 6) is 0.429. The van der Waals surface area contributed by atoms with E-state index in [1.807, 2.05) is 53.3 Å². The molecule has 0 bridgehead atoms. The molecule has 0 aromatic heterocycles. The standard InChI is InChI=1S/C18H21N5O3/c1-12-11-22-14-15(19-17(22)23(12)13-7-5-4-6-8-13)20(2)18(25)21(16(14)24)9-10-26-3/h4-8,11,14-15H,9-10H2,1-3H3. The summed E-state index contributed by atoms with van der Waals surface area (Å²) >= 11 is 0. The number of amides is 3. The summed E-state index contributed by atoms with van der Waals surface area (Å²) in [7, 11) is 3.23. The lowest BCUT2D eigenvalue weighted by Crippen LogP contribution is -2.64. The predicted molar refractivity (Wildman–Crippen MR) is 96.3 cm³/mol. The minimum atomic E-state index is -0.548. The largest absolute Gasteiger partial charge is 0.383 e. The van der Waals surface area contributed by atoms with E-state index in [-0.39, 0.29) is 18.5 Å². The number of hydrogen-bond donors (Lipinski definition) is 0. The lowest BCUT2D eigenvalue weighted by molar-refractivity contribution is -0.137. The van der Waals surface area contributed by atoms with Gasteiger partial charge in [0, 0.05) is 31.7 Å². The van der Waals surface area contributed by atoms with Crippen molar-refractivity contribution in [2.24, 2.45) is 4.99 Å². The van der Waals surface area contributed by atoms with Gasteiger partial charge in [0.05, 0.1) is 13.2 Å². The number of para-hydroxylation sites is 1. The highest BCUT2D eigenvalue weighted by Crippen LogP contribution is 2.36. The average Bonchev–Trinajstić information content (AvgIpc) is 3.15. The Kier molecular flexibility index (Phi) is 3.91. The van der Waals surface area contributed by atoms with Gasteiger partial charge in [0.1, 0.15) is 0 Å². The minimum absolute atomic E-state index is 0.232. The molecule has 8 nitrogen and oxygen atoms in total. The monoisotopic (exact) mass is 355 g/mol. The van der Waals surface area contributed by atoms with Gasteiger partial charge in [-0.15, -0.1) is 0 Å². The van der Waals surface area contributed by atoms with Gasteiger partial charge in [0.25, 0.3) is 5.91 Å². The van der Waals surface area contributed by atoms with Crippen molar-refractivity contribution in [1.82, 2.24) is 14.7 Å². The molecule has 0 saturated carbocycles. The number of allylic oxidation sites excluding steroid dienone is 1. The number of imide groups is 1. The molecule has 1 aromatic rings. The first-order valence-corrected chi connectivity index (χ1v) is 8.51. The van der Waals surface area contributed by atoms with Gasteiger partial charge in [-0.2, -0.15) is 0 Å². The second-order valence-electron chi connectivity index (χ2n) is 6.51. The molecule has 3 aliphatic rings. The van der Waals surface area contributed by atoms with Crippen LogP contribution < -0.4 is 4.90 Å². The molecule has 0 N–H and O–H groups in total. The highest BCUT2D eigenvalue weighted by Gasteiger charge is 2.54. The molecule has 0 spiro atoms. The van der Waals surface area contributed by atoms with Gasteiger partial charge < -0.3 is 14.5 Å². The molecule has 26 heavy (non-hydrogen) atoms. The summed E-state index contributed by atoms with van der Waals surface area (Å²) in [4.78, 5) is 37.0. The van der Waals surface area contributed by atoms with Crippen molar-refractivity contribution >= 4 is 23.6 Å². The number of rotatable bonds is 4. The topological polar surface area (TPSA) is 68.7 Å². The number of carbonyl (C=O) groups is 2. The molecule has 2 unspecified atom stereocenters.